The fourth-order valence-corrected chi connectivity index (χ4v) is 3.79. The summed E-state index contributed by atoms with van der Waals surface area (Å²) in [5.74, 6) is 0. The average Bonchev–Trinajstić information content (AvgIpc) is 3.10. The second kappa shape index (κ2) is 5.81. The quantitative estimate of drug-likeness (QED) is 0.729. The molecule has 102 valence electrons. The van der Waals surface area contributed by atoms with Crippen molar-refractivity contribution in [2.45, 2.75) is 13.0 Å². The number of halogens is 1. The molecule has 0 aliphatic rings. The Balaban J connectivity index is 1.74. The van der Waals surface area contributed by atoms with Gasteiger partial charge in [-0.2, -0.15) is 5.10 Å². The summed E-state index contributed by atoms with van der Waals surface area (Å²) in [4.78, 5) is 1.31. The van der Waals surface area contributed by atoms with E-state index in [1.54, 1.807) is 17.5 Å². The number of nitrogens with zero attached hydrogens (tertiary/aromatic N) is 2. The summed E-state index contributed by atoms with van der Waals surface area (Å²) < 4.78 is 3.01. The third-order valence-electron chi connectivity index (χ3n) is 3.06. The Bertz CT molecular complexity index is 673. The van der Waals surface area contributed by atoms with Crippen LogP contribution in [0.15, 0.2) is 58.6 Å². The lowest BCUT2D eigenvalue weighted by Crippen LogP contribution is -2.05. The molecule has 0 amide bonds. The number of hydrogen-bond acceptors (Lipinski definition) is 3. The van der Waals surface area contributed by atoms with Crippen LogP contribution in [0.25, 0.3) is 5.69 Å². The van der Waals surface area contributed by atoms with Crippen molar-refractivity contribution in [2.24, 2.45) is 0 Å². The molecule has 1 atom stereocenters. The maximum absolute atomic E-state index is 4.22. The topological polar surface area (TPSA) is 29.9 Å². The number of nitrogens with one attached hydrogen (secondary N) is 1. The minimum Gasteiger partial charge on any atom is -0.378 e. The summed E-state index contributed by atoms with van der Waals surface area (Å²) in [7, 11) is 0. The number of hydrogen-bond donors (Lipinski definition) is 1. The summed E-state index contributed by atoms with van der Waals surface area (Å²) in [5, 5.41) is 9.83. The maximum atomic E-state index is 4.22. The number of thiophene rings is 1. The molecule has 2 heterocycles. The summed E-state index contributed by atoms with van der Waals surface area (Å²) in [6, 6.07) is 12.6. The molecule has 3 nitrogen and oxygen atoms in total. The number of rotatable bonds is 4. The summed E-state index contributed by atoms with van der Waals surface area (Å²) in [6.45, 7) is 2.16. The molecular formula is C15H14BrN3S. The molecule has 0 fully saturated rings. The fourth-order valence-electron chi connectivity index (χ4n) is 2.06. The minimum atomic E-state index is 0.278. The lowest BCUT2D eigenvalue weighted by Gasteiger charge is -2.15. The van der Waals surface area contributed by atoms with E-state index in [9.17, 15) is 0 Å². The highest BCUT2D eigenvalue weighted by Gasteiger charge is 2.10. The molecule has 1 aromatic carbocycles. The molecule has 20 heavy (non-hydrogen) atoms. The molecule has 0 saturated heterocycles. The van der Waals surface area contributed by atoms with Gasteiger partial charge in [-0.3, -0.25) is 0 Å². The normalized spacial score (nSPS) is 12.3. The summed E-state index contributed by atoms with van der Waals surface area (Å²) in [5.41, 5.74) is 2.17. The molecule has 0 bridgehead atoms. The van der Waals surface area contributed by atoms with Crippen LogP contribution in [-0.2, 0) is 0 Å². The van der Waals surface area contributed by atoms with Gasteiger partial charge in [0.2, 0.25) is 0 Å². The molecular weight excluding hydrogens is 334 g/mol. The van der Waals surface area contributed by atoms with Crippen LogP contribution in [0, 0.1) is 0 Å². The van der Waals surface area contributed by atoms with E-state index in [-0.39, 0.29) is 6.04 Å². The first-order valence-corrected chi connectivity index (χ1v) is 8.01. The first-order valence-electron chi connectivity index (χ1n) is 6.33. The van der Waals surface area contributed by atoms with Crippen LogP contribution in [0.1, 0.15) is 17.8 Å². The predicted molar refractivity (Wildman–Crippen MR) is 87.6 cm³/mol. The number of benzene rings is 1. The van der Waals surface area contributed by atoms with E-state index in [1.807, 2.05) is 16.9 Å². The maximum Gasteiger partial charge on any atom is 0.0647 e. The highest BCUT2D eigenvalue weighted by molar-refractivity contribution is 9.10. The van der Waals surface area contributed by atoms with Crippen molar-refractivity contribution in [1.82, 2.24) is 9.78 Å². The predicted octanol–water partition coefficient (Wildman–Crippen LogP) is 4.87. The smallest absolute Gasteiger partial charge is 0.0647 e. The van der Waals surface area contributed by atoms with Gasteiger partial charge in [-0.25, -0.2) is 4.68 Å². The average molecular weight is 348 g/mol. The van der Waals surface area contributed by atoms with Gasteiger partial charge >= 0.3 is 0 Å². The van der Waals surface area contributed by atoms with Crippen LogP contribution in [0.5, 0.6) is 0 Å². The fraction of sp³-hybridized carbons (Fsp3) is 0.133. The van der Waals surface area contributed by atoms with E-state index in [1.165, 1.54) is 4.88 Å². The zero-order chi connectivity index (χ0) is 13.9. The Hall–Kier alpha value is -1.59. The van der Waals surface area contributed by atoms with Gasteiger partial charge in [0.25, 0.3) is 0 Å². The van der Waals surface area contributed by atoms with Crippen molar-refractivity contribution in [3.63, 3.8) is 0 Å². The second-order valence-electron chi connectivity index (χ2n) is 4.50. The SMILES string of the molecule is CC(Nc1ccc(-n2cccn2)cc1)c1sccc1Br. The molecule has 0 spiro atoms. The van der Waals surface area contributed by atoms with Gasteiger partial charge in [-0.15, -0.1) is 11.3 Å². The van der Waals surface area contributed by atoms with E-state index in [0.29, 0.717) is 0 Å². The monoisotopic (exact) mass is 347 g/mol. The van der Waals surface area contributed by atoms with Gasteiger partial charge in [0.15, 0.2) is 0 Å². The van der Waals surface area contributed by atoms with Crippen molar-refractivity contribution in [3.05, 3.63) is 63.5 Å². The van der Waals surface area contributed by atoms with Crippen LogP contribution in [-0.4, -0.2) is 9.78 Å². The molecule has 1 N–H and O–H groups in total. The standard InChI is InChI=1S/C15H14BrN3S/c1-11(15-14(16)7-10-20-15)18-12-3-5-13(6-4-12)19-9-2-8-17-19/h2-11,18H,1H3. The first kappa shape index (κ1) is 13.4. The van der Waals surface area contributed by atoms with Crippen LogP contribution in [0.4, 0.5) is 5.69 Å². The third kappa shape index (κ3) is 2.78. The molecule has 0 aliphatic heterocycles. The van der Waals surface area contributed by atoms with Gasteiger partial charge in [0.1, 0.15) is 0 Å². The van der Waals surface area contributed by atoms with E-state index >= 15 is 0 Å². The van der Waals surface area contributed by atoms with Gasteiger partial charge < -0.3 is 5.32 Å². The highest BCUT2D eigenvalue weighted by Crippen LogP contribution is 2.31. The van der Waals surface area contributed by atoms with Crippen molar-refractivity contribution in [3.8, 4) is 5.69 Å². The molecule has 3 aromatic rings. The number of aromatic nitrogens is 2. The lowest BCUT2D eigenvalue weighted by atomic mass is 10.2. The first-order chi connectivity index (χ1) is 9.74. The van der Waals surface area contributed by atoms with Crippen LogP contribution >= 0.6 is 27.3 Å². The van der Waals surface area contributed by atoms with E-state index in [0.717, 1.165) is 15.8 Å². The van der Waals surface area contributed by atoms with E-state index < -0.39 is 0 Å². The molecule has 3 rings (SSSR count). The molecule has 0 saturated carbocycles. The van der Waals surface area contributed by atoms with Crippen molar-refractivity contribution < 1.29 is 0 Å². The van der Waals surface area contributed by atoms with Crippen LogP contribution in [0.3, 0.4) is 0 Å². The molecule has 2 aromatic heterocycles. The molecule has 5 heteroatoms. The van der Waals surface area contributed by atoms with Gasteiger partial charge in [0.05, 0.1) is 11.7 Å². The second-order valence-corrected chi connectivity index (χ2v) is 6.30. The third-order valence-corrected chi connectivity index (χ3v) is 5.11. The van der Waals surface area contributed by atoms with Gasteiger partial charge in [0, 0.05) is 27.4 Å². The van der Waals surface area contributed by atoms with Crippen molar-refractivity contribution >= 4 is 33.0 Å². The Morgan fingerprint density at radius 3 is 2.65 bits per heavy atom. The Morgan fingerprint density at radius 2 is 2.05 bits per heavy atom. The zero-order valence-electron chi connectivity index (χ0n) is 11.0. The molecule has 0 aliphatic carbocycles. The highest BCUT2D eigenvalue weighted by atomic mass is 79.9. The Kier molecular flexibility index (Phi) is 3.89. The zero-order valence-corrected chi connectivity index (χ0v) is 13.4. The molecule has 1 unspecified atom stereocenters. The van der Waals surface area contributed by atoms with Crippen LogP contribution < -0.4 is 5.32 Å². The molecule has 0 radical (unpaired) electrons. The Morgan fingerprint density at radius 1 is 1.25 bits per heavy atom. The summed E-state index contributed by atoms with van der Waals surface area (Å²) >= 11 is 5.33. The van der Waals surface area contributed by atoms with Crippen molar-refractivity contribution in [1.29, 1.82) is 0 Å². The number of anilines is 1. The van der Waals surface area contributed by atoms with Gasteiger partial charge in [-0.05, 0) is 64.6 Å². The largest absolute Gasteiger partial charge is 0.378 e. The van der Waals surface area contributed by atoms with Crippen LogP contribution in [0.2, 0.25) is 0 Å². The Labute approximate surface area is 130 Å². The van der Waals surface area contributed by atoms with Gasteiger partial charge in [-0.1, -0.05) is 0 Å². The minimum absolute atomic E-state index is 0.278. The van der Waals surface area contributed by atoms with E-state index in [4.69, 9.17) is 0 Å². The van der Waals surface area contributed by atoms with Crippen molar-refractivity contribution in [2.75, 3.05) is 5.32 Å². The summed E-state index contributed by atoms with van der Waals surface area (Å²) in [6.07, 6.45) is 3.72. The lowest BCUT2D eigenvalue weighted by molar-refractivity contribution is 0.877. The van der Waals surface area contributed by atoms with E-state index in [2.05, 4.69) is 69.0 Å².